The SMILES string of the molecule is CCOC(=O)C1=C(C2CCCN2C(=O)OC(C)(C)C)NC(CCC2CCOCC2)=C(c2nnc(C)o2)C1c1cc2ccnc(Cl)c2s1. The molecule has 252 valence electrons. The predicted molar refractivity (Wildman–Crippen MR) is 179 cm³/mol. The molecule has 3 aromatic rings. The third-order valence-electron chi connectivity index (χ3n) is 8.78. The van der Waals surface area contributed by atoms with E-state index in [-0.39, 0.29) is 6.61 Å². The first-order valence-corrected chi connectivity index (χ1v) is 17.6. The van der Waals surface area contributed by atoms with Gasteiger partial charge in [0, 0.05) is 54.7 Å². The molecular formula is C34H42ClN5O6S. The average molecular weight is 684 g/mol. The Morgan fingerprint density at radius 1 is 1.19 bits per heavy atom. The number of nitrogens with zero attached hydrogens (tertiary/aromatic N) is 4. The van der Waals surface area contributed by atoms with Crippen LogP contribution in [0, 0.1) is 12.8 Å². The number of thiophene rings is 1. The van der Waals surface area contributed by atoms with Gasteiger partial charge >= 0.3 is 12.1 Å². The number of allylic oxidation sites excluding steroid dienone is 2. The summed E-state index contributed by atoms with van der Waals surface area (Å²) in [6, 6.07) is 3.51. The van der Waals surface area contributed by atoms with Crippen molar-refractivity contribution < 1.29 is 28.2 Å². The van der Waals surface area contributed by atoms with Crippen LogP contribution >= 0.6 is 22.9 Å². The molecule has 1 N–H and O–H groups in total. The zero-order valence-corrected chi connectivity index (χ0v) is 29.1. The van der Waals surface area contributed by atoms with Gasteiger partial charge in [0.1, 0.15) is 10.8 Å². The maximum absolute atomic E-state index is 14.2. The largest absolute Gasteiger partial charge is 0.463 e. The third kappa shape index (κ3) is 7.19. The maximum atomic E-state index is 14.2. The van der Waals surface area contributed by atoms with E-state index in [9.17, 15) is 9.59 Å². The molecule has 47 heavy (non-hydrogen) atoms. The molecule has 0 radical (unpaired) electrons. The number of halogens is 1. The minimum Gasteiger partial charge on any atom is -0.463 e. The molecule has 0 aliphatic carbocycles. The van der Waals surface area contributed by atoms with Crippen LogP contribution in [0.3, 0.4) is 0 Å². The first-order chi connectivity index (χ1) is 22.5. The minimum absolute atomic E-state index is 0.181. The van der Waals surface area contributed by atoms with Crippen molar-refractivity contribution in [3.05, 3.63) is 57.1 Å². The molecule has 0 saturated carbocycles. The molecule has 3 aliphatic heterocycles. The molecule has 2 saturated heterocycles. The number of aryl methyl sites for hydroxylation is 1. The second-order valence-corrected chi connectivity index (χ2v) is 14.7. The Morgan fingerprint density at radius 2 is 1.98 bits per heavy atom. The van der Waals surface area contributed by atoms with Crippen molar-refractivity contribution in [1.29, 1.82) is 0 Å². The van der Waals surface area contributed by atoms with Crippen LogP contribution in [-0.2, 0) is 19.0 Å². The molecule has 0 spiro atoms. The number of carbonyl (C=O) groups excluding carboxylic acids is 2. The molecule has 11 nitrogen and oxygen atoms in total. The highest BCUT2D eigenvalue weighted by Gasteiger charge is 2.45. The number of fused-ring (bicyclic) bond motifs is 1. The number of dihydropyridines is 1. The summed E-state index contributed by atoms with van der Waals surface area (Å²) in [5, 5.41) is 13.7. The molecule has 2 fully saturated rings. The van der Waals surface area contributed by atoms with E-state index in [1.165, 1.54) is 11.3 Å². The summed E-state index contributed by atoms with van der Waals surface area (Å²) >= 11 is 8.05. The summed E-state index contributed by atoms with van der Waals surface area (Å²) in [6.45, 7) is 11.3. The van der Waals surface area contributed by atoms with Crippen molar-refractivity contribution in [2.45, 2.75) is 90.7 Å². The van der Waals surface area contributed by atoms with Gasteiger partial charge in [0.05, 0.1) is 28.8 Å². The number of pyridine rings is 1. The van der Waals surface area contributed by atoms with Gasteiger partial charge in [-0.25, -0.2) is 14.6 Å². The zero-order chi connectivity index (χ0) is 33.3. The van der Waals surface area contributed by atoms with Crippen LogP contribution in [0.15, 0.2) is 39.7 Å². The third-order valence-corrected chi connectivity index (χ3v) is 10.4. The number of ether oxygens (including phenoxy) is 3. The number of esters is 1. The van der Waals surface area contributed by atoms with Crippen molar-refractivity contribution in [3.8, 4) is 0 Å². The fourth-order valence-corrected chi connectivity index (χ4v) is 8.13. The van der Waals surface area contributed by atoms with Crippen LogP contribution in [-0.4, -0.2) is 70.2 Å². The van der Waals surface area contributed by atoms with E-state index in [1.54, 1.807) is 24.9 Å². The van der Waals surface area contributed by atoms with Gasteiger partial charge in [0.15, 0.2) is 0 Å². The van der Waals surface area contributed by atoms with Crippen molar-refractivity contribution in [1.82, 2.24) is 25.4 Å². The Morgan fingerprint density at radius 3 is 2.66 bits per heavy atom. The number of carbonyl (C=O) groups is 2. The molecule has 3 aromatic heterocycles. The van der Waals surface area contributed by atoms with Crippen LogP contribution in [0.5, 0.6) is 0 Å². The van der Waals surface area contributed by atoms with Crippen LogP contribution < -0.4 is 5.32 Å². The van der Waals surface area contributed by atoms with Crippen molar-refractivity contribution in [2.24, 2.45) is 5.92 Å². The van der Waals surface area contributed by atoms with Crippen LogP contribution in [0.2, 0.25) is 5.15 Å². The van der Waals surface area contributed by atoms with Gasteiger partial charge in [0.2, 0.25) is 11.8 Å². The Hall–Kier alpha value is -3.48. The predicted octanol–water partition coefficient (Wildman–Crippen LogP) is 7.16. The molecule has 2 unspecified atom stereocenters. The van der Waals surface area contributed by atoms with Gasteiger partial charge in [0.25, 0.3) is 0 Å². The van der Waals surface area contributed by atoms with E-state index in [0.29, 0.717) is 53.5 Å². The van der Waals surface area contributed by atoms with Gasteiger partial charge in [-0.1, -0.05) is 11.6 Å². The summed E-state index contributed by atoms with van der Waals surface area (Å²) in [5.41, 5.74) is 1.98. The topological polar surface area (TPSA) is 129 Å². The van der Waals surface area contributed by atoms with E-state index in [4.69, 9.17) is 30.2 Å². The van der Waals surface area contributed by atoms with Crippen LogP contribution in [0.4, 0.5) is 4.79 Å². The minimum atomic E-state index is -0.673. The molecule has 0 bridgehead atoms. The summed E-state index contributed by atoms with van der Waals surface area (Å²) < 4.78 is 24.2. The lowest BCUT2D eigenvalue weighted by Gasteiger charge is -2.37. The van der Waals surface area contributed by atoms with E-state index in [0.717, 1.165) is 65.1 Å². The summed E-state index contributed by atoms with van der Waals surface area (Å²) in [6.07, 6.45) is 6.21. The second kappa shape index (κ2) is 13.9. The highest BCUT2D eigenvalue weighted by atomic mass is 35.5. The quantitative estimate of drug-likeness (QED) is 0.193. The molecular weight excluding hydrogens is 642 g/mol. The Bertz CT molecular complexity index is 1700. The first-order valence-electron chi connectivity index (χ1n) is 16.4. The molecule has 3 aliphatic rings. The number of rotatable bonds is 8. The number of hydrogen-bond acceptors (Lipinski definition) is 11. The highest BCUT2D eigenvalue weighted by Crippen LogP contribution is 2.50. The number of likely N-dealkylation sites (tertiary alicyclic amines) is 1. The number of amides is 1. The standard InChI is InChI=1S/C34H42ClN5O6S/c1-6-44-32(41)27-26(24-18-21-11-14-36-30(35)29(21)47-24)25(31-39-38-19(2)45-31)22(10-9-20-12-16-43-17-13-20)37-28(27)23-8-7-15-40(23)33(42)46-34(3,4)5/h11,14,18,20,23,26,37H,6-10,12-13,15-17H2,1-5H3. The van der Waals surface area contributed by atoms with Gasteiger partial charge in [-0.05, 0) is 89.7 Å². The van der Waals surface area contributed by atoms with Gasteiger partial charge in [-0.15, -0.1) is 21.5 Å². The van der Waals surface area contributed by atoms with Crippen molar-refractivity contribution in [3.63, 3.8) is 0 Å². The van der Waals surface area contributed by atoms with Crippen LogP contribution in [0.25, 0.3) is 15.7 Å². The Balaban J connectivity index is 1.55. The fraction of sp³-hybridized carbons (Fsp3) is 0.559. The lowest BCUT2D eigenvalue weighted by atomic mass is 9.80. The second-order valence-electron chi connectivity index (χ2n) is 13.2. The van der Waals surface area contributed by atoms with Crippen molar-refractivity contribution >= 4 is 50.7 Å². The smallest absolute Gasteiger partial charge is 0.410 e. The number of hydrogen-bond donors (Lipinski definition) is 1. The van der Waals surface area contributed by atoms with Gasteiger partial charge in [-0.2, -0.15) is 0 Å². The van der Waals surface area contributed by atoms with Gasteiger partial charge in [-0.3, -0.25) is 4.90 Å². The van der Waals surface area contributed by atoms with Crippen molar-refractivity contribution in [2.75, 3.05) is 26.4 Å². The molecule has 6 rings (SSSR count). The molecule has 1 amide bonds. The molecule has 6 heterocycles. The summed E-state index contributed by atoms with van der Waals surface area (Å²) in [7, 11) is 0. The van der Waals surface area contributed by atoms with E-state index in [1.807, 2.05) is 32.9 Å². The number of aromatic nitrogens is 3. The maximum Gasteiger partial charge on any atom is 0.410 e. The average Bonchev–Trinajstić information content (AvgIpc) is 3.79. The monoisotopic (exact) mass is 683 g/mol. The highest BCUT2D eigenvalue weighted by molar-refractivity contribution is 7.19. The summed E-state index contributed by atoms with van der Waals surface area (Å²) in [4.78, 5) is 34.7. The van der Waals surface area contributed by atoms with Gasteiger partial charge < -0.3 is 23.9 Å². The summed E-state index contributed by atoms with van der Waals surface area (Å²) in [5.74, 6) is 0.122. The van der Waals surface area contributed by atoms with Crippen LogP contribution in [0.1, 0.15) is 88.8 Å². The Kier molecular flexibility index (Phi) is 9.91. The molecule has 13 heteroatoms. The molecule has 2 atom stereocenters. The lowest BCUT2D eigenvalue weighted by Crippen LogP contribution is -2.45. The van der Waals surface area contributed by atoms with E-state index < -0.39 is 29.6 Å². The first kappa shape index (κ1) is 33.4. The molecule has 0 aromatic carbocycles. The van der Waals surface area contributed by atoms with E-state index >= 15 is 0 Å². The zero-order valence-electron chi connectivity index (χ0n) is 27.6. The number of nitrogens with one attached hydrogen (secondary N) is 1. The lowest BCUT2D eigenvalue weighted by molar-refractivity contribution is -0.138. The normalized spacial score (nSPS) is 21.0. The Labute approximate surface area is 283 Å². The fourth-order valence-electron chi connectivity index (χ4n) is 6.69. The van der Waals surface area contributed by atoms with E-state index in [2.05, 4.69) is 20.5 Å².